The summed E-state index contributed by atoms with van der Waals surface area (Å²) in [7, 11) is 0. The minimum absolute atomic E-state index is 0.0490. The van der Waals surface area contributed by atoms with Gasteiger partial charge < -0.3 is 10.8 Å². The molecule has 3 N–H and O–H groups in total. The van der Waals surface area contributed by atoms with Crippen LogP contribution in [0.3, 0.4) is 0 Å². The van der Waals surface area contributed by atoms with Gasteiger partial charge in [-0.25, -0.2) is 4.98 Å². The normalized spacial score (nSPS) is 13.9. The van der Waals surface area contributed by atoms with E-state index >= 15 is 0 Å². The first kappa shape index (κ1) is 13.2. The molecule has 0 aliphatic carbocycles. The fourth-order valence-corrected chi connectivity index (χ4v) is 1.31. The average molecular weight is 255 g/mol. The summed E-state index contributed by atoms with van der Waals surface area (Å²) in [6.07, 6.45) is -4.80. The van der Waals surface area contributed by atoms with Crippen molar-refractivity contribution in [1.82, 2.24) is 4.98 Å². The third-order valence-electron chi connectivity index (χ3n) is 1.97. The van der Waals surface area contributed by atoms with Crippen molar-refractivity contribution in [3.8, 4) is 0 Å². The van der Waals surface area contributed by atoms with Crippen molar-refractivity contribution in [2.24, 2.45) is 5.73 Å². The molecule has 1 rings (SSSR count). The summed E-state index contributed by atoms with van der Waals surface area (Å²) in [5.41, 5.74) is 4.40. The van der Waals surface area contributed by atoms with Gasteiger partial charge in [-0.1, -0.05) is 11.6 Å². The second-order valence-corrected chi connectivity index (χ2v) is 3.62. The maximum Gasteiger partial charge on any atom is 0.417 e. The van der Waals surface area contributed by atoms with Crippen LogP contribution in [0.2, 0.25) is 5.15 Å². The Labute approximate surface area is 95.0 Å². The zero-order valence-electron chi connectivity index (χ0n) is 8.13. The van der Waals surface area contributed by atoms with Crippen LogP contribution in [0, 0.1) is 0 Å². The highest BCUT2D eigenvalue weighted by Gasteiger charge is 2.31. The van der Waals surface area contributed by atoms with Crippen LogP contribution in [0.25, 0.3) is 0 Å². The number of pyridine rings is 1. The molecule has 3 nitrogen and oxygen atoms in total. The molecule has 1 aromatic heterocycles. The summed E-state index contributed by atoms with van der Waals surface area (Å²) >= 11 is 5.62. The van der Waals surface area contributed by atoms with Gasteiger partial charge in [-0.2, -0.15) is 13.2 Å². The van der Waals surface area contributed by atoms with Crippen LogP contribution < -0.4 is 5.73 Å². The fraction of sp³-hybridized carbons (Fsp3) is 0.444. The summed E-state index contributed by atoms with van der Waals surface area (Å²) < 4.78 is 37.0. The number of hydrogen-bond donors (Lipinski definition) is 2. The van der Waals surface area contributed by atoms with E-state index in [2.05, 4.69) is 4.98 Å². The molecule has 90 valence electrons. The molecule has 0 aliphatic rings. The fourth-order valence-electron chi connectivity index (χ4n) is 1.13. The van der Waals surface area contributed by atoms with E-state index in [1.54, 1.807) is 0 Å². The van der Waals surface area contributed by atoms with E-state index in [9.17, 15) is 18.3 Å². The number of alkyl halides is 3. The van der Waals surface area contributed by atoms with Gasteiger partial charge in [0.15, 0.2) is 0 Å². The second kappa shape index (κ2) is 4.99. The molecule has 0 aliphatic heterocycles. The SMILES string of the molecule is NCC(O)Cc1cc(C(F)(F)F)cnc1Cl. The monoisotopic (exact) mass is 254 g/mol. The molecule has 0 saturated carbocycles. The Morgan fingerprint density at radius 1 is 1.50 bits per heavy atom. The lowest BCUT2D eigenvalue weighted by molar-refractivity contribution is -0.137. The van der Waals surface area contributed by atoms with E-state index in [-0.39, 0.29) is 23.7 Å². The summed E-state index contributed by atoms with van der Waals surface area (Å²) in [6.45, 7) is -0.0490. The largest absolute Gasteiger partial charge is 0.417 e. The first-order valence-corrected chi connectivity index (χ1v) is 4.82. The van der Waals surface area contributed by atoms with Crippen molar-refractivity contribution in [2.75, 3.05) is 6.54 Å². The molecule has 1 unspecified atom stereocenters. The molecule has 16 heavy (non-hydrogen) atoms. The van der Waals surface area contributed by atoms with E-state index in [1.807, 2.05) is 0 Å². The molecule has 0 amide bonds. The van der Waals surface area contributed by atoms with Gasteiger partial charge in [0.25, 0.3) is 0 Å². The van der Waals surface area contributed by atoms with Crippen LogP contribution in [0.15, 0.2) is 12.3 Å². The molecule has 0 fully saturated rings. The number of aliphatic hydroxyl groups excluding tert-OH is 1. The van der Waals surface area contributed by atoms with E-state index in [0.29, 0.717) is 6.20 Å². The van der Waals surface area contributed by atoms with Crippen molar-refractivity contribution >= 4 is 11.6 Å². The Hall–Kier alpha value is -0.850. The van der Waals surface area contributed by atoms with Crippen molar-refractivity contribution in [3.63, 3.8) is 0 Å². The molecule has 0 saturated heterocycles. The molecule has 1 atom stereocenters. The zero-order valence-corrected chi connectivity index (χ0v) is 8.89. The lowest BCUT2D eigenvalue weighted by Gasteiger charge is -2.12. The van der Waals surface area contributed by atoms with Crippen molar-refractivity contribution in [3.05, 3.63) is 28.5 Å². The van der Waals surface area contributed by atoms with Crippen LogP contribution in [-0.4, -0.2) is 22.7 Å². The lowest BCUT2D eigenvalue weighted by Crippen LogP contribution is -2.22. The Morgan fingerprint density at radius 2 is 2.12 bits per heavy atom. The van der Waals surface area contributed by atoms with Crippen molar-refractivity contribution in [2.45, 2.75) is 18.7 Å². The minimum Gasteiger partial charge on any atom is -0.391 e. The first-order chi connectivity index (χ1) is 7.34. The van der Waals surface area contributed by atoms with E-state index < -0.39 is 17.8 Å². The molecular formula is C9H10ClF3N2O. The van der Waals surface area contributed by atoms with Gasteiger partial charge in [-0.05, 0) is 11.6 Å². The Kier molecular flexibility index (Phi) is 4.12. The molecule has 0 radical (unpaired) electrons. The molecule has 1 heterocycles. The maximum absolute atomic E-state index is 12.3. The summed E-state index contributed by atoms with van der Waals surface area (Å²) in [5.74, 6) is 0. The highest BCUT2D eigenvalue weighted by atomic mass is 35.5. The van der Waals surface area contributed by atoms with Gasteiger partial charge in [-0.15, -0.1) is 0 Å². The van der Waals surface area contributed by atoms with Crippen LogP contribution in [0.5, 0.6) is 0 Å². The molecule has 1 aromatic rings. The third kappa shape index (κ3) is 3.33. The quantitative estimate of drug-likeness (QED) is 0.806. The second-order valence-electron chi connectivity index (χ2n) is 3.27. The van der Waals surface area contributed by atoms with E-state index in [1.165, 1.54) is 0 Å². The number of aliphatic hydroxyl groups is 1. The minimum atomic E-state index is -4.47. The summed E-state index contributed by atoms with van der Waals surface area (Å²) in [5, 5.41) is 9.18. The summed E-state index contributed by atoms with van der Waals surface area (Å²) in [4.78, 5) is 3.43. The Bertz CT molecular complexity index is 370. The van der Waals surface area contributed by atoms with Gasteiger partial charge in [-0.3, -0.25) is 0 Å². The predicted octanol–water partition coefficient (Wildman–Crippen LogP) is 1.62. The predicted molar refractivity (Wildman–Crippen MR) is 53.0 cm³/mol. The smallest absolute Gasteiger partial charge is 0.391 e. The van der Waals surface area contributed by atoms with Crippen LogP contribution >= 0.6 is 11.6 Å². The summed E-state index contributed by atoms with van der Waals surface area (Å²) in [6, 6.07) is 0.869. The number of nitrogens with zero attached hydrogens (tertiary/aromatic N) is 1. The lowest BCUT2D eigenvalue weighted by atomic mass is 10.1. The third-order valence-corrected chi connectivity index (χ3v) is 2.31. The van der Waals surface area contributed by atoms with Crippen molar-refractivity contribution in [1.29, 1.82) is 0 Å². The van der Waals surface area contributed by atoms with Gasteiger partial charge >= 0.3 is 6.18 Å². The number of halogens is 4. The standard InChI is InChI=1S/C9H10ClF3N2O/c10-8-5(2-7(16)3-14)1-6(4-15-8)9(11,12)13/h1,4,7,16H,2-3,14H2. The molecule has 0 bridgehead atoms. The number of aromatic nitrogens is 1. The highest BCUT2D eigenvalue weighted by Crippen LogP contribution is 2.30. The first-order valence-electron chi connectivity index (χ1n) is 4.44. The molecule has 0 aromatic carbocycles. The zero-order chi connectivity index (χ0) is 12.3. The van der Waals surface area contributed by atoms with E-state index in [4.69, 9.17) is 17.3 Å². The molecular weight excluding hydrogens is 245 g/mol. The number of nitrogens with two attached hydrogens (primary N) is 1. The van der Waals surface area contributed by atoms with Gasteiger partial charge in [0, 0.05) is 19.2 Å². The van der Waals surface area contributed by atoms with Crippen LogP contribution in [-0.2, 0) is 12.6 Å². The topological polar surface area (TPSA) is 59.1 Å². The van der Waals surface area contributed by atoms with Gasteiger partial charge in [0.2, 0.25) is 0 Å². The van der Waals surface area contributed by atoms with Crippen LogP contribution in [0.1, 0.15) is 11.1 Å². The van der Waals surface area contributed by atoms with Crippen LogP contribution in [0.4, 0.5) is 13.2 Å². The van der Waals surface area contributed by atoms with Gasteiger partial charge in [0.05, 0.1) is 11.7 Å². The number of hydrogen-bond acceptors (Lipinski definition) is 3. The van der Waals surface area contributed by atoms with Gasteiger partial charge in [0.1, 0.15) is 5.15 Å². The molecule has 0 spiro atoms. The highest BCUT2D eigenvalue weighted by molar-refractivity contribution is 6.30. The number of rotatable bonds is 3. The Balaban J connectivity index is 3.00. The maximum atomic E-state index is 12.3. The van der Waals surface area contributed by atoms with Crippen molar-refractivity contribution < 1.29 is 18.3 Å². The van der Waals surface area contributed by atoms with E-state index in [0.717, 1.165) is 6.07 Å². The Morgan fingerprint density at radius 3 is 2.62 bits per heavy atom. The average Bonchev–Trinajstić information content (AvgIpc) is 2.19. The molecule has 7 heteroatoms.